The third kappa shape index (κ3) is 4.97. The summed E-state index contributed by atoms with van der Waals surface area (Å²) in [5, 5.41) is 3.79. The first-order chi connectivity index (χ1) is 8.09. The van der Waals surface area contributed by atoms with Crippen LogP contribution in [0.5, 0.6) is 0 Å². The smallest absolute Gasteiger partial charge is 0.261 e. The summed E-state index contributed by atoms with van der Waals surface area (Å²) in [7, 11) is 0. The van der Waals surface area contributed by atoms with E-state index in [1.54, 1.807) is 13.8 Å². The molecular weight excluding hydrogens is 216 g/mol. The van der Waals surface area contributed by atoms with E-state index < -0.39 is 12.0 Å². The van der Waals surface area contributed by atoms with E-state index in [1.165, 1.54) is 0 Å². The van der Waals surface area contributed by atoms with Crippen molar-refractivity contribution in [1.29, 1.82) is 0 Å². The Hall–Kier alpha value is -2.10. The van der Waals surface area contributed by atoms with Gasteiger partial charge in [0, 0.05) is 0 Å². The standard InChI is InChI=1S/C13H16N2O2/c1-10(15-17-11(2)13(14)16)8-9-12-6-4-3-5-7-12/h3-9,11H,1-2H3,(H2,14,16)/b9-8+,15-10-. The van der Waals surface area contributed by atoms with E-state index in [1.807, 2.05) is 42.5 Å². The maximum atomic E-state index is 10.7. The Balaban J connectivity index is 2.54. The van der Waals surface area contributed by atoms with Crippen LogP contribution in [0.2, 0.25) is 0 Å². The molecule has 0 aliphatic carbocycles. The van der Waals surface area contributed by atoms with Crippen LogP contribution >= 0.6 is 0 Å². The van der Waals surface area contributed by atoms with Gasteiger partial charge in [-0.2, -0.15) is 0 Å². The van der Waals surface area contributed by atoms with Crippen LogP contribution in [0.15, 0.2) is 41.6 Å². The van der Waals surface area contributed by atoms with Crippen LogP contribution in [-0.2, 0) is 9.63 Å². The summed E-state index contributed by atoms with van der Waals surface area (Å²) >= 11 is 0. The van der Waals surface area contributed by atoms with Crippen LogP contribution in [0.3, 0.4) is 0 Å². The molecule has 2 N–H and O–H groups in total. The molecule has 4 nitrogen and oxygen atoms in total. The van der Waals surface area contributed by atoms with Crippen molar-refractivity contribution < 1.29 is 9.63 Å². The van der Waals surface area contributed by atoms with E-state index in [9.17, 15) is 4.79 Å². The average Bonchev–Trinajstić information content (AvgIpc) is 2.34. The number of benzene rings is 1. The minimum absolute atomic E-state index is 0.534. The lowest BCUT2D eigenvalue weighted by atomic mass is 10.2. The van der Waals surface area contributed by atoms with Crippen LogP contribution in [0.1, 0.15) is 19.4 Å². The Morgan fingerprint density at radius 2 is 2.06 bits per heavy atom. The zero-order chi connectivity index (χ0) is 12.7. The molecule has 0 bridgehead atoms. The molecule has 0 aliphatic rings. The van der Waals surface area contributed by atoms with Crippen molar-refractivity contribution in [2.24, 2.45) is 10.9 Å². The second kappa shape index (κ2) is 6.48. The fraction of sp³-hybridized carbons (Fsp3) is 0.231. The number of allylic oxidation sites excluding steroid dienone is 1. The van der Waals surface area contributed by atoms with E-state index >= 15 is 0 Å². The van der Waals surface area contributed by atoms with Gasteiger partial charge in [-0.3, -0.25) is 4.79 Å². The van der Waals surface area contributed by atoms with Gasteiger partial charge in [0.1, 0.15) is 0 Å². The first-order valence-corrected chi connectivity index (χ1v) is 5.32. The van der Waals surface area contributed by atoms with Gasteiger partial charge in [0.15, 0.2) is 0 Å². The Kier molecular flexibility index (Phi) is 4.94. The normalized spacial score (nSPS) is 13.6. The van der Waals surface area contributed by atoms with Gasteiger partial charge in [-0.1, -0.05) is 41.6 Å². The highest BCUT2D eigenvalue weighted by Gasteiger charge is 2.07. The first kappa shape index (κ1) is 13.0. The van der Waals surface area contributed by atoms with Crippen LogP contribution in [0.4, 0.5) is 0 Å². The third-order valence-corrected chi connectivity index (χ3v) is 2.07. The van der Waals surface area contributed by atoms with Crippen LogP contribution < -0.4 is 5.73 Å². The van der Waals surface area contributed by atoms with Crippen LogP contribution in [-0.4, -0.2) is 17.7 Å². The Labute approximate surface area is 101 Å². The van der Waals surface area contributed by atoms with Gasteiger partial charge in [-0.25, -0.2) is 0 Å². The highest BCUT2D eigenvalue weighted by molar-refractivity contribution is 5.96. The van der Waals surface area contributed by atoms with Crippen molar-refractivity contribution in [3.05, 3.63) is 42.0 Å². The Bertz CT molecular complexity index is 424. The molecule has 0 spiro atoms. The van der Waals surface area contributed by atoms with Crippen molar-refractivity contribution >= 4 is 17.7 Å². The lowest BCUT2D eigenvalue weighted by Gasteiger charge is -2.04. The molecule has 1 rings (SSSR count). The van der Waals surface area contributed by atoms with Crippen molar-refractivity contribution in [1.82, 2.24) is 0 Å². The van der Waals surface area contributed by atoms with Gasteiger partial charge >= 0.3 is 0 Å². The van der Waals surface area contributed by atoms with Gasteiger partial charge in [0.05, 0.1) is 5.71 Å². The minimum Gasteiger partial charge on any atom is -0.382 e. The molecule has 1 unspecified atom stereocenters. The summed E-state index contributed by atoms with van der Waals surface area (Å²) < 4.78 is 0. The molecule has 1 aromatic carbocycles. The third-order valence-electron chi connectivity index (χ3n) is 2.07. The number of rotatable bonds is 5. The number of nitrogens with zero attached hydrogens (tertiary/aromatic N) is 1. The number of hydrogen-bond donors (Lipinski definition) is 1. The van der Waals surface area contributed by atoms with E-state index in [0.717, 1.165) is 5.56 Å². The van der Waals surface area contributed by atoms with E-state index in [-0.39, 0.29) is 0 Å². The lowest BCUT2D eigenvalue weighted by Crippen LogP contribution is -2.26. The SMILES string of the molecule is CC(/C=C/c1ccccc1)=N/OC(C)C(N)=O. The van der Waals surface area contributed by atoms with Crippen molar-refractivity contribution in [2.45, 2.75) is 20.0 Å². The molecular formula is C13H16N2O2. The van der Waals surface area contributed by atoms with Gasteiger partial charge in [0.2, 0.25) is 6.10 Å². The lowest BCUT2D eigenvalue weighted by molar-refractivity contribution is -0.128. The molecule has 1 aromatic rings. The van der Waals surface area contributed by atoms with Gasteiger partial charge < -0.3 is 10.6 Å². The molecule has 0 saturated carbocycles. The summed E-state index contributed by atoms with van der Waals surface area (Å²) in [6.45, 7) is 3.34. The minimum atomic E-state index is -0.713. The number of amides is 1. The quantitative estimate of drug-likeness (QED) is 0.623. The fourth-order valence-electron chi connectivity index (χ4n) is 1.03. The van der Waals surface area contributed by atoms with E-state index in [4.69, 9.17) is 10.6 Å². The summed E-state index contributed by atoms with van der Waals surface area (Å²) in [4.78, 5) is 15.6. The van der Waals surface area contributed by atoms with Crippen molar-refractivity contribution in [2.75, 3.05) is 0 Å². The zero-order valence-electron chi connectivity index (χ0n) is 9.96. The second-order valence-electron chi connectivity index (χ2n) is 3.63. The van der Waals surface area contributed by atoms with Crippen molar-refractivity contribution in [3.63, 3.8) is 0 Å². The molecule has 1 amide bonds. The highest BCUT2D eigenvalue weighted by Crippen LogP contribution is 2.01. The zero-order valence-corrected chi connectivity index (χ0v) is 9.96. The highest BCUT2D eigenvalue weighted by atomic mass is 16.6. The Morgan fingerprint density at radius 3 is 2.65 bits per heavy atom. The number of nitrogens with two attached hydrogens (primary N) is 1. The molecule has 0 saturated heterocycles. The summed E-state index contributed by atoms with van der Waals surface area (Å²) in [5.74, 6) is -0.534. The average molecular weight is 232 g/mol. The first-order valence-electron chi connectivity index (χ1n) is 5.32. The van der Waals surface area contributed by atoms with Crippen molar-refractivity contribution in [3.8, 4) is 0 Å². The summed E-state index contributed by atoms with van der Waals surface area (Å²) in [6.07, 6.45) is 3.01. The van der Waals surface area contributed by atoms with Gasteiger partial charge in [-0.05, 0) is 25.5 Å². The number of hydrogen-bond acceptors (Lipinski definition) is 3. The second-order valence-corrected chi connectivity index (χ2v) is 3.63. The largest absolute Gasteiger partial charge is 0.382 e. The number of primary amides is 1. The summed E-state index contributed by atoms with van der Waals surface area (Å²) in [5.41, 5.74) is 6.78. The molecule has 90 valence electrons. The maximum Gasteiger partial charge on any atom is 0.261 e. The molecule has 1 atom stereocenters. The fourth-order valence-corrected chi connectivity index (χ4v) is 1.03. The predicted molar refractivity (Wildman–Crippen MR) is 68.3 cm³/mol. The molecule has 0 fully saturated rings. The number of oxime groups is 1. The topological polar surface area (TPSA) is 64.7 Å². The molecule has 0 aliphatic heterocycles. The van der Waals surface area contributed by atoms with E-state index in [2.05, 4.69) is 5.16 Å². The monoisotopic (exact) mass is 232 g/mol. The van der Waals surface area contributed by atoms with Crippen LogP contribution in [0, 0.1) is 0 Å². The molecule has 0 radical (unpaired) electrons. The number of carbonyl (C=O) groups excluding carboxylic acids is 1. The molecule has 17 heavy (non-hydrogen) atoms. The van der Waals surface area contributed by atoms with Gasteiger partial charge in [-0.15, -0.1) is 0 Å². The molecule has 0 aromatic heterocycles. The van der Waals surface area contributed by atoms with Crippen LogP contribution in [0.25, 0.3) is 6.08 Å². The van der Waals surface area contributed by atoms with Gasteiger partial charge in [0.25, 0.3) is 5.91 Å². The predicted octanol–water partition coefficient (Wildman–Crippen LogP) is 1.97. The maximum absolute atomic E-state index is 10.7. The molecule has 0 heterocycles. The summed E-state index contributed by atoms with van der Waals surface area (Å²) in [6, 6.07) is 9.83. The Morgan fingerprint density at radius 1 is 1.41 bits per heavy atom. The number of carbonyl (C=O) groups is 1. The molecule has 4 heteroatoms. The van der Waals surface area contributed by atoms with E-state index in [0.29, 0.717) is 5.71 Å².